The molecule has 0 aliphatic carbocycles. The summed E-state index contributed by atoms with van der Waals surface area (Å²) >= 11 is 0. The minimum atomic E-state index is -0.812. The van der Waals surface area contributed by atoms with Gasteiger partial charge in [-0.15, -0.1) is 10.2 Å². The Morgan fingerprint density at radius 2 is 1.97 bits per heavy atom. The molecule has 0 radical (unpaired) electrons. The number of carbonyl (C=O) groups is 1. The SMILES string of the molecule is C[C@@H](OC(=O)c1ccccc1NCCO)c1nnc(-c2ccc([N+](=O)[O-])cc2)o1. The van der Waals surface area contributed by atoms with Crippen LogP contribution in [0.15, 0.2) is 52.9 Å². The molecule has 0 saturated heterocycles. The van der Waals surface area contributed by atoms with Crippen LogP contribution in [0.2, 0.25) is 0 Å². The fraction of sp³-hybridized carbons (Fsp3) is 0.211. The number of non-ortho nitro benzene ring substituents is 1. The molecule has 3 rings (SSSR count). The first-order valence-electron chi connectivity index (χ1n) is 8.72. The summed E-state index contributed by atoms with van der Waals surface area (Å²) in [6.07, 6.45) is -0.812. The highest BCUT2D eigenvalue weighted by Crippen LogP contribution is 2.25. The van der Waals surface area contributed by atoms with Crippen LogP contribution in [0, 0.1) is 10.1 Å². The first-order chi connectivity index (χ1) is 14.0. The molecule has 10 heteroatoms. The van der Waals surface area contributed by atoms with Crippen molar-refractivity contribution < 1.29 is 24.0 Å². The molecule has 2 aromatic carbocycles. The maximum Gasteiger partial charge on any atom is 0.341 e. The Hall–Kier alpha value is -3.79. The quantitative estimate of drug-likeness (QED) is 0.333. The molecule has 150 valence electrons. The number of ether oxygens (including phenoxy) is 1. The molecule has 1 aromatic heterocycles. The fourth-order valence-corrected chi connectivity index (χ4v) is 2.52. The lowest BCUT2D eigenvalue weighted by Gasteiger charge is -2.13. The maximum atomic E-state index is 12.5. The molecule has 1 heterocycles. The number of aliphatic hydroxyl groups is 1. The normalized spacial score (nSPS) is 11.7. The van der Waals surface area contributed by atoms with E-state index >= 15 is 0 Å². The molecule has 0 unspecified atom stereocenters. The molecule has 0 aliphatic rings. The van der Waals surface area contributed by atoms with Gasteiger partial charge in [-0.3, -0.25) is 10.1 Å². The molecule has 0 fully saturated rings. The van der Waals surface area contributed by atoms with Crippen molar-refractivity contribution in [3.63, 3.8) is 0 Å². The van der Waals surface area contributed by atoms with Gasteiger partial charge >= 0.3 is 5.97 Å². The van der Waals surface area contributed by atoms with E-state index in [1.807, 2.05) is 0 Å². The van der Waals surface area contributed by atoms with Crippen LogP contribution in [0.1, 0.15) is 29.3 Å². The minimum Gasteiger partial charge on any atom is -0.449 e. The second kappa shape index (κ2) is 8.93. The molecule has 0 saturated carbocycles. The lowest BCUT2D eigenvalue weighted by Crippen LogP contribution is -2.14. The molecule has 2 N–H and O–H groups in total. The zero-order chi connectivity index (χ0) is 20.8. The number of nitrogens with zero attached hydrogens (tertiary/aromatic N) is 3. The summed E-state index contributed by atoms with van der Waals surface area (Å²) in [6.45, 7) is 1.81. The molecule has 0 bridgehead atoms. The van der Waals surface area contributed by atoms with Gasteiger partial charge in [0.25, 0.3) is 11.6 Å². The van der Waals surface area contributed by atoms with E-state index in [1.165, 1.54) is 24.3 Å². The highest BCUT2D eigenvalue weighted by atomic mass is 16.6. The summed E-state index contributed by atoms with van der Waals surface area (Å²) in [7, 11) is 0. The molecule has 0 spiro atoms. The number of carbonyl (C=O) groups excluding carboxylic acids is 1. The van der Waals surface area contributed by atoms with Crippen LogP contribution in [-0.2, 0) is 4.74 Å². The Balaban J connectivity index is 1.71. The number of nitro benzene ring substituents is 1. The molecule has 29 heavy (non-hydrogen) atoms. The van der Waals surface area contributed by atoms with Crippen molar-refractivity contribution in [3.05, 3.63) is 70.1 Å². The number of para-hydroxylation sites is 1. The third-order valence-corrected chi connectivity index (χ3v) is 3.97. The van der Waals surface area contributed by atoms with E-state index in [0.29, 0.717) is 23.4 Å². The van der Waals surface area contributed by atoms with Gasteiger partial charge in [-0.2, -0.15) is 0 Å². The number of hydrogen-bond acceptors (Lipinski definition) is 9. The summed E-state index contributed by atoms with van der Waals surface area (Å²) in [4.78, 5) is 22.7. The Labute approximate surface area is 165 Å². The smallest absolute Gasteiger partial charge is 0.341 e. The molecular formula is C19H18N4O6. The van der Waals surface area contributed by atoms with Gasteiger partial charge in [0.05, 0.1) is 17.1 Å². The maximum absolute atomic E-state index is 12.5. The van der Waals surface area contributed by atoms with Crippen molar-refractivity contribution >= 4 is 17.3 Å². The van der Waals surface area contributed by atoms with Gasteiger partial charge in [0.15, 0.2) is 6.10 Å². The monoisotopic (exact) mass is 398 g/mol. The van der Waals surface area contributed by atoms with E-state index in [2.05, 4.69) is 15.5 Å². The Kier molecular flexibility index (Phi) is 6.15. The van der Waals surface area contributed by atoms with E-state index in [0.717, 1.165) is 0 Å². The zero-order valence-corrected chi connectivity index (χ0v) is 15.4. The van der Waals surface area contributed by atoms with E-state index in [4.69, 9.17) is 14.3 Å². The molecular weight excluding hydrogens is 380 g/mol. The summed E-state index contributed by atoms with van der Waals surface area (Å²) in [5.41, 5.74) is 1.30. The second-order valence-corrected chi connectivity index (χ2v) is 5.99. The van der Waals surface area contributed by atoms with Gasteiger partial charge in [-0.05, 0) is 31.2 Å². The largest absolute Gasteiger partial charge is 0.449 e. The Morgan fingerprint density at radius 1 is 1.24 bits per heavy atom. The van der Waals surface area contributed by atoms with E-state index < -0.39 is 17.0 Å². The number of anilines is 1. The third-order valence-electron chi connectivity index (χ3n) is 3.97. The lowest BCUT2D eigenvalue weighted by molar-refractivity contribution is -0.384. The van der Waals surface area contributed by atoms with Crippen LogP contribution in [0.3, 0.4) is 0 Å². The van der Waals surface area contributed by atoms with Gasteiger partial charge in [0.2, 0.25) is 5.89 Å². The molecule has 0 amide bonds. The van der Waals surface area contributed by atoms with Gasteiger partial charge in [-0.1, -0.05) is 12.1 Å². The number of esters is 1. The third kappa shape index (κ3) is 4.74. The van der Waals surface area contributed by atoms with Crippen LogP contribution >= 0.6 is 0 Å². The van der Waals surface area contributed by atoms with E-state index in [1.54, 1.807) is 31.2 Å². The highest BCUT2D eigenvalue weighted by Gasteiger charge is 2.21. The van der Waals surface area contributed by atoms with Crippen molar-refractivity contribution in [3.8, 4) is 11.5 Å². The molecule has 1 atom stereocenters. The highest BCUT2D eigenvalue weighted by molar-refractivity contribution is 5.95. The zero-order valence-electron chi connectivity index (χ0n) is 15.4. The molecule has 3 aromatic rings. The minimum absolute atomic E-state index is 0.0516. The van der Waals surface area contributed by atoms with Crippen molar-refractivity contribution in [2.75, 3.05) is 18.5 Å². The van der Waals surface area contributed by atoms with Crippen LogP contribution in [0.4, 0.5) is 11.4 Å². The number of rotatable bonds is 8. The number of nitrogens with one attached hydrogen (secondary N) is 1. The van der Waals surface area contributed by atoms with Gasteiger partial charge in [-0.25, -0.2) is 4.79 Å². The van der Waals surface area contributed by atoms with Crippen LogP contribution in [-0.4, -0.2) is 39.3 Å². The van der Waals surface area contributed by atoms with Crippen molar-refractivity contribution in [2.24, 2.45) is 0 Å². The van der Waals surface area contributed by atoms with Gasteiger partial charge in [0, 0.05) is 29.9 Å². The first kappa shape index (κ1) is 20.0. The number of aliphatic hydroxyl groups excluding tert-OH is 1. The number of benzene rings is 2. The fourth-order valence-electron chi connectivity index (χ4n) is 2.52. The van der Waals surface area contributed by atoms with Crippen LogP contribution in [0.25, 0.3) is 11.5 Å². The van der Waals surface area contributed by atoms with Gasteiger partial charge in [0.1, 0.15) is 0 Å². The van der Waals surface area contributed by atoms with Crippen LogP contribution < -0.4 is 5.32 Å². The van der Waals surface area contributed by atoms with Crippen molar-refractivity contribution in [1.29, 1.82) is 0 Å². The summed E-state index contributed by atoms with van der Waals surface area (Å²) in [6, 6.07) is 12.4. The predicted octanol–water partition coefficient (Wildman–Crippen LogP) is 2.97. The van der Waals surface area contributed by atoms with Gasteiger partial charge < -0.3 is 19.6 Å². The topological polar surface area (TPSA) is 141 Å². The molecule has 10 nitrogen and oxygen atoms in total. The summed E-state index contributed by atoms with van der Waals surface area (Å²) < 4.78 is 11.0. The summed E-state index contributed by atoms with van der Waals surface area (Å²) in [5.74, 6) is -0.344. The average Bonchev–Trinajstić information content (AvgIpc) is 3.23. The Bertz CT molecular complexity index is 1000. The number of nitro groups is 1. The average molecular weight is 398 g/mol. The second-order valence-electron chi connectivity index (χ2n) is 5.99. The first-order valence-corrected chi connectivity index (χ1v) is 8.72. The number of hydrogen-bond donors (Lipinski definition) is 2. The molecule has 0 aliphatic heterocycles. The number of aromatic nitrogens is 2. The van der Waals surface area contributed by atoms with Crippen molar-refractivity contribution in [1.82, 2.24) is 10.2 Å². The van der Waals surface area contributed by atoms with Crippen molar-refractivity contribution in [2.45, 2.75) is 13.0 Å². The van der Waals surface area contributed by atoms with E-state index in [-0.39, 0.29) is 24.1 Å². The standard InChI is InChI=1S/C19H18N4O6/c1-12(28-19(25)15-4-2-3-5-16(15)20-10-11-24)17-21-22-18(29-17)13-6-8-14(9-7-13)23(26)27/h2-9,12,20,24H,10-11H2,1H3/t12-/m1/s1. The lowest BCUT2D eigenvalue weighted by atomic mass is 10.2. The Morgan fingerprint density at radius 3 is 2.66 bits per heavy atom. The van der Waals surface area contributed by atoms with Crippen LogP contribution in [0.5, 0.6) is 0 Å². The van der Waals surface area contributed by atoms with E-state index in [9.17, 15) is 14.9 Å². The predicted molar refractivity (Wildman–Crippen MR) is 102 cm³/mol. The summed E-state index contributed by atoms with van der Waals surface area (Å²) in [5, 5.41) is 30.4.